The van der Waals surface area contributed by atoms with Crippen LogP contribution in [0.15, 0.2) is 24.3 Å². The fourth-order valence-corrected chi connectivity index (χ4v) is 2.70. The summed E-state index contributed by atoms with van der Waals surface area (Å²) >= 11 is 0. The van der Waals surface area contributed by atoms with E-state index in [0.717, 1.165) is 56.2 Å². The van der Waals surface area contributed by atoms with E-state index in [-0.39, 0.29) is 0 Å². The molecule has 5 nitrogen and oxygen atoms in total. The van der Waals surface area contributed by atoms with Crippen LogP contribution in [0.1, 0.15) is 50.8 Å². The van der Waals surface area contributed by atoms with Gasteiger partial charge in [-0.25, -0.2) is 9.67 Å². The van der Waals surface area contributed by atoms with Gasteiger partial charge in [0.25, 0.3) is 0 Å². The number of aryl methyl sites for hydroxylation is 1. The molecular weight excluding hydrogens is 324 g/mol. The summed E-state index contributed by atoms with van der Waals surface area (Å²) in [6.07, 6.45) is 4.17. The fraction of sp³-hybridized carbons (Fsp3) is 0.619. The Kier molecular flexibility index (Phi) is 8.26. The minimum Gasteiger partial charge on any atom is -0.373 e. The average molecular weight is 359 g/mol. The van der Waals surface area contributed by atoms with Crippen LogP contribution >= 0.6 is 0 Å². The third-order valence-corrected chi connectivity index (χ3v) is 4.29. The molecule has 1 aromatic heterocycles. The molecule has 0 fully saturated rings. The fourth-order valence-electron chi connectivity index (χ4n) is 2.70. The van der Waals surface area contributed by atoms with Gasteiger partial charge in [0.05, 0.1) is 5.69 Å². The molecule has 0 aliphatic heterocycles. The van der Waals surface area contributed by atoms with Crippen molar-refractivity contribution in [1.29, 1.82) is 0 Å². The van der Waals surface area contributed by atoms with Crippen LogP contribution in [0.5, 0.6) is 0 Å². The molecule has 0 amide bonds. The smallest absolute Gasteiger partial charge is 0.158 e. The Bertz CT molecular complexity index is 647. The van der Waals surface area contributed by atoms with Gasteiger partial charge in [-0.05, 0) is 50.6 Å². The van der Waals surface area contributed by atoms with Crippen LogP contribution in [0.25, 0.3) is 5.69 Å². The van der Waals surface area contributed by atoms with Crippen molar-refractivity contribution in [3.8, 4) is 5.69 Å². The minimum atomic E-state index is 0.498. The Hall–Kier alpha value is -1.72. The van der Waals surface area contributed by atoms with Gasteiger partial charge in [-0.3, -0.25) is 0 Å². The van der Waals surface area contributed by atoms with E-state index in [2.05, 4.69) is 64.0 Å². The van der Waals surface area contributed by atoms with E-state index in [1.807, 2.05) is 4.68 Å². The Labute approximate surface area is 158 Å². The van der Waals surface area contributed by atoms with Gasteiger partial charge < -0.3 is 9.64 Å². The van der Waals surface area contributed by atoms with Crippen molar-refractivity contribution in [3.05, 3.63) is 41.5 Å². The van der Waals surface area contributed by atoms with Crippen LogP contribution in [0, 0.1) is 5.92 Å². The maximum Gasteiger partial charge on any atom is 0.158 e. The third-order valence-electron chi connectivity index (χ3n) is 4.29. The van der Waals surface area contributed by atoms with E-state index >= 15 is 0 Å². The molecule has 0 saturated heterocycles. The largest absolute Gasteiger partial charge is 0.373 e. The molecule has 144 valence electrons. The summed E-state index contributed by atoms with van der Waals surface area (Å²) in [5.74, 6) is 2.40. The van der Waals surface area contributed by atoms with E-state index in [0.29, 0.717) is 12.5 Å². The third kappa shape index (κ3) is 6.54. The van der Waals surface area contributed by atoms with Crippen LogP contribution in [0.4, 0.5) is 0 Å². The van der Waals surface area contributed by atoms with Crippen molar-refractivity contribution in [2.75, 3.05) is 27.2 Å². The molecule has 5 heteroatoms. The lowest BCUT2D eigenvalue weighted by molar-refractivity contribution is 0.104. The molecule has 0 spiro atoms. The molecule has 2 aromatic rings. The molecule has 0 saturated carbocycles. The summed E-state index contributed by atoms with van der Waals surface area (Å²) in [6.45, 7) is 8.82. The molecule has 1 aromatic carbocycles. The average Bonchev–Trinajstić information content (AvgIpc) is 3.01. The van der Waals surface area contributed by atoms with Gasteiger partial charge in [0, 0.05) is 19.6 Å². The Morgan fingerprint density at radius 1 is 1.12 bits per heavy atom. The highest BCUT2D eigenvalue weighted by molar-refractivity contribution is 5.34. The van der Waals surface area contributed by atoms with Crippen molar-refractivity contribution in [1.82, 2.24) is 19.7 Å². The minimum absolute atomic E-state index is 0.498. The van der Waals surface area contributed by atoms with Gasteiger partial charge in [-0.1, -0.05) is 39.3 Å². The van der Waals surface area contributed by atoms with Crippen molar-refractivity contribution < 1.29 is 4.74 Å². The van der Waals surface area contributed by atoms with Crippen molar-refractivity contribution in [2.45, 2.75) is 53.1 Å². The molecular formula is C21H34N4O. The lowest BCUT2D eigenvalue weighted by atomic mass is 10.1. The zero-order valence-electron chi connectivity index (χ0n) is 17.0. The predicted molar refractivity (Wildman–Crippen MR) is 107 cm³/mol. The highest BCUT2D eigenvalue weighted by atomic mass is 16.5. The molecule has 0 aliphatic rings. The van der Waals surface area contributed by atoms with Crippen molar-refractivity contribution in [2.24, 2.45) is 5.92 Å². The number of aromatic nitrogens is 3. The first-order valence-corrected chi connectivity index (χ1v) is 9.76. The number of likely N-dealkylation sites (N-methyl/N-ethyl adjacent to an activating group) is 1. The zero-order chi connectivity index (χ0) is 18.9. The first kappa shape index (κ1) is 20.6. The number of hydrogen-bond donors (Lipinski definition) is 0. The second-order valence-corrected chi connectivity index (χ2v) is 7.56. The first-order chi connectivity index (χ1) is 12.5. The quantitative estimate of drug-likeness (QED) is 0.572. The van der Waals surface area contributed by atoms with Gasteiger partial charge >= 0.3 is 0 Å². The first-order valence-electron chi connectivity index (χ1n) is 9.76. The number of nitrogens with zero attached hydrogens (tertiary/aromatic N) is 4. The van der Waals surface area contributed by atoms with Gasteiger partial charge in [-0.2, -0.15) is 5.10 Å². The highest BCUT2D eigenvalue weighted by Gasteiger charge is 2.12. The summed E-state index contributed by atoms with van der Waals surface area (Å²) in [5.41, 5.74) is 2.41. The molecule has 0 unspecified atom stereocenters. The van der Waals surface area contributed by atoms with E-state index in [4.69, 9.17) is 14.8 Å². The Balaban J connectivity index is 2.14. The molecule has 0 bridgehead atoms. The lowest BCUT2D eigenvalue weighted by Gasteiger charge is -2.09. The summed E-state index contributed by atoms with van der Waals surface area (Å²) in [7, 11) is 4.14. The molecule has 2 rings (SSSR count). The normalized spacial score (nSPS) is 11.7. The number of hydrogen-bond acceptors (Lipinski definition) is 4. The molecule has 26 heavy (non-hydrogen) atoms. The maximum absolute atomic E-state index is 5.86. The molecule has 0 atom stereocenters. The van der Waals surface area contributed by atoms with Gasteiger partial charge in [-0.15, -0.1) is 0 Å². The maximum atomic E-state index is 5.86. The van der Waals surface area contributed by atoms with Crippen LogP contribution in [0.2, 0.25) is 0 Å². The van der Waals surface area contributed by atoms with Crippen LogP contribution < -0.4 is 0 Å². The standard InChI is InChI=1S/C21H34N4O/c1-6-7-18-8-10-19(11-9-18)25-21(16-26-15-13-17(2)3)22-20(23-25)12-14-24(4)5/h8-11,17H,6-7,12-16H2,1-5H3. The van der Waals surface area contributed by atoms with Crippen molar-refractivity contribution in [3.63, 3.8) is 0 Å². The van der Waals surface area contributed by atoms with E-state index in [1.54, 1.807) is 0 Å². The van der Waals surface area contributed by atoms with E-state index < -0.39 is 0 Å². The number of benzene rings is 1. The van der Waals surface area contributed by atoms with E-state index in [1.165, 1.54) is 5.56 Å². The number of ether oxygens (including phenoxy) is 1. The Morgan fingerprint density at radius 3 is 2.46 bits per heavy atom. The summed E-state index contributed by atoms with van der Waals surface area (Å²) in [4.78, 5) is 6.89. The lowest BCUT2D eigenvalue weighted by Crippen LogP contribution is -2.15. The van der Waals surface area contributed by atoms with Gasteiger partial charge in [0.1, 0.15) is 6.61 Å². The summed E-state index contributed by atoms with van der Waals surface area (Å²) in [6, 6.07) is 8.63. The summed E-state index contributed by atoms with van der Waals surface area (Å²) < 4.78 is 7.80. The van der Waals surface area contributed by atoms with Gasteiger partial charge in [0.15, 0.2) is 11.6 Å². The summed E-state index contributed by atoms with van der Waals surface area (Å²) in [5, 5.41) is 4.74. The highest BCUT2D eigenvalue weighted by Crippen LogP contribution is 2.14. The van der Waals surface area contributed by atoms with Crippen LogP contribution in [-0.2, 0) is 24.2 Å². The monoisotopic (exact) mass is 358 g/mol. The molecule has 0 aliphatic carbocycles. The second kappa shape index (κ2) is 10.4. The molecule has 0 N–H and O–H groups in total. The van der Waals surface area contributed by atoms with Crippen molar-refractivity contribution >= 4 is 0 Å². The van der Waals surface area contributed by atoms with Gasteiger partial charge in [0.2, 0.25) is 0 Å². The van der Waals surface area contributed by atoms with Crippen LogP contribution in [0.3, 0.4) is 0 Å². The number of rotatable bonds is 11. The van der Waals surface area contributed by atoms with Crippen LogP contribution in [-0.4, -0.2) is 46.9 Å². The van der Waals surface area contributed by atoms with E-state index in [9.17, 15) is 0 Å². The predicted octanol–water partition coefficient (Wildman–Crippen LogP) is 3.89. The topological polar surface area (TPSA) is 43.2 Å². The zero-order valence-corrected chi connectivity index (χ0v) is 17.0. The Morgan fingerprint density at radius 2 is 1.85 bits per heavy atom. The SMILES string of the molecule is CCCc1ccc(-n2nc(CCN(C)C)nc2COCCC(C)C)cc1. The molecule has 0 radical (unpaired) electrons. The molecule has 1 heterocycles. The second-order valence-electron chi connectivity index (χ2n) is 7.56.